The second-order valence-electron chi connectivity index (χ2n) is 14.9. The molecule has 1 aliphatic carbocycles. The van der Waals surface area contributed by atoms with Crippen LogP contribution in [0, 0.1) is 0 Å². The van der Waals surface area contributed by atoms with Crippen molar-refractivity contribution in [2.45, 2.75) is 5.92 Å². The molecule has 1 aliphatic rings. The summed E-state index contributed by atoms with van der Waals surface area (Å²) in [6, 6.07) is 80.2. The third-order valence-electron chi connectivity index (χ3n) is 11.7. The molecule has 0 saturated heterocycles. The SMILES string of the molecule is c1ccc(-c2cccc(C3c4ccccc4-c4cc(-c5ccc6c7ccccc7n(-c7cc(-c8ccccc8)cc(-c8ccccc8)c7)c6c5)ccc43)c2)cc1. The van der Waals surface area contributed by atoms with E-state index in [9.17, 15) is 0 Å². The van der Waals surface area contributed by atoms with Crippen LogP contribution in [0.25, 0.3) is 83.1 Å². The van der Waals surface area contributed by atoms with Gasteiger partial charge < -0.3 is 4.57 Å². The van der Waals surface area contributed by atoms with Gasteiger partial charge in [0.15, 0.2) is 0 Å². The van der Waals surface area contributed by atoms with Crippen molar-refractivity contribution in [3.8, 4) is 61.3 Å². The number of benzene rings is 9. The lowest BCUT2D eigenvalue weighted by Crippen LogP contribution is -1.99. The van der Waals surface area contributed by atoms with Gasteiger partial charge in [0.25, 0.3) is 0 Å². The van der Waals surface area contributed by atoms with Crippen molar-refractivity contribution in [1.29, 1.82) is 0 Å². The summed E-state index contributed by atoms with van der Waals surface area (Å²) in [5.41, 5.74) is 20.0. The van der Waals surface area contributed by atoms with Crippen LogP contribution in [-0.4, -0.2) is 4.57 Å². The second-order valence-corrected chi connectivity index (χ2v) is 14.9. The molecule has 1 aromatic heterocycles. The van der Waals surface area contributed by atoms with Crippen LogP contribution in [-0.2, 0) is 0 Å². The lowest BCUT2D eigenvalue weighted by Gasteiger charge is -2.16. The average Bonchev–Trinajstić information content (AvgIpc) is 3.79. The maximum absolute atomic E-state index is 2.46. The average molecular weight is 712 g/mol. The Labute approximate surface area is 327 Å². The first kappa shape index (κ1) is 32.2. The summed E-state index contributed by atoms with van der Waals surface area (Å²) < 4.78 is 2.46. The zero-order chi connectivity index (χ0) is 37.0. The van der Waals surface area contributed by atoms with E-state index in [0.29, 0.717) is 0 Å². The molecule has 1 unspecified atom stereocenters. The van der Waals surface area contributed by atoms with Crippen molar-refractivity contribution in [1.82, 2.24) is 4.57 Å². The summed E-state index contributed by atoms with van der Waals surface area (Å²) in [5.74, 6) is 0.180. The zero-order valence-electron chi connectivity index (χ0n) is 30.8. The minimum absolute atomic E-state index is 0.180. The molecule has 1 nitrogen and oxygen atoms in total. The van der Waals surface area contributed by atoms with Gasteiger partial charge in [-0.15, -0.1) is 0 Å². The summed E-state index contributed by atoms with van der Waals surface area (Å²) >= 11 is 0. The molecule has 0 spiro atoms. The van der Waals surface area contributed by atoms with E-state index in [1.165, 1.54) is 94.1 Å². The van der Waals surface area contributed by atoms with Gasteiger partial charge in [-0.2, -0.15) is 0 Å². The highest BCUT2D eigenvalue weighted by Crippen LogP contribution is 2.50. The number of rotatable bonds is 6. The van der Waals surface area contributed by atoms with E-state index in [-0.39, 0.29) is 5.92 Å². The third kappa shape index (κ3) is 5.40. The first-order chi connectivity index (χ1) is 27.8. The Morgan fingerprint density at radius 3 is 1.55 bits per heavy atom. The van der Waals surface area contributed by atoms with Crippen molar-refractivity contribution >= 4 is 21.8 Å². The van der Waals surface area contributed by atoms with Crippen molar-refractivity contribution in [3.05, 3.63) is 235 Å². The zero-order valence-corrected chi connectivity index (χ0v) is 30.8. The van der Waals surface area contributed by atoms with Crippen LogP contribution in [0.2, 0.25) is 0 Å². The number of nitrogens with zero attached hydrogens (tertiary/aromatic N) is 1. The van der Waals surface area contributed by atoms with Gasteiger partial charge >= 0.3 is 0 Å². The Bertz CT molecular complexity index is 3010. The third-order valence-corrected chi connectivity index (χ3v) is 11.7. The molecule has 0 aliphatic heterocycles. The first-order valence-electron chi connectivity index (χ1n) is 19.5. The summed E-state index contributed by atoms with van der Waals surface area (Å²) in [6.45, 7) is 0. The minimum atomic E-state index is 0.180. The molecular weight excluding hydrogens is 675 g/mol. The highest BCUT2D eigenvalue weighted by Gasteiger charge is 2.30. The van der Waals surface area contributed by atoms with Crippen LogP contribution in [0.1, 0.15) is 22.6 Å². The van der Waals surface area contributed by atoms with Crippen molar-refractivity contribution < 1.29 is 0 Å². The van der Waals surface area contributed by atoms with E-state index in [0.717, 1.165) is 5.69 Å². The molecular formula is C55H37N. The topological polar surface area (TPSA) is 4.93 Å². The highest BCUT2D eigenvalue weighted by atomic mass is 15.0. The smallest absolute Gasteiger partial charge is 0.0547 e. The molecule has 9 aromatic carbocycles. The molecule has 0 N–H and O–H groups in total. The second kappa shape index (κ2) is 13.3. The molecule has 56 heavy (non-hydrogen) atoms. The molecule has 262 valence electrons. The quantitative estimate of drug-likeness (QED) is 0.162. The predicted octanol–water partition coefficient (Wildman–Crippen LogP) is 14.6. The summed E-state index contributed by atoms with van der Waals surface area (Å²) in [5, 5.41) is 2.50. The number of fused-ring (bicyclic) bond motifs is 6. The number of hydrogen-bond donors (Lipinski definition) is 0. The van der Waals surface area contributed by atoms with Gasteiger partial charge in [0.1, 0.15) is 0 Å². The Morgan fingerprint density at radius 2 is 0.821 bits per heavy atom. The maximum atomic E-state index is 2.46. The molecule has 0 bridgehead atoms. The number of hydrogen-bond acceptors (Lipinski definition) is 0. The van der Waals surface area contributed by atoms with Crippen LogP contribution in [0.5, 0.6) is 0 Å². The standard InChI is InChI=1S/C55H37N/c1-4-15-37(16-5-1)40-21-14-22-43(31-40)55-50-25-11-10-23-47(50)52-35-41(28-30-51(52)55)42-27-29-49-48-24-12-13-26-53(48)56(54(49)36-42)46-33-44(38-17-6-2-7-18-38)32-45(34-46)39-19-8-3-9-20-39/h1-36,55H. The summed E-state index contributed by atoms with van der Waals surface area (Å²) in [4.78, 5) is 0. The lowest BCUT2D eigenvalue weighted by atomic mass is 9.87. The Balaban J connectivity index is 1.07. The van der Waals surface area contributed by atoms with Gasteiger partial charge in [0.2, 0.25) is 0 Å². The molecule has 1 heteroatoms. The highest BCUT2D eigenvalue weighted by molar-refractivity contribution is 6.10. The molecule has 0 amide bonds. The van der Waals surface area contributed by atoms with E-state index in [2.05, 4.69) is 223 Å². The van der Waals surface area contributed by atoms with Crippen LogP contribution in [0.3, 0.4) is 0 Å². The van der Waals surface area contributed by atoms with E-state index in [1.54, 1.807) is 0 Å². The Kier molecular flexibility index (Phi) is 7.64. The van der Waals surface area contributed by atoms with Gasteiger partial charge in [-0.05, 0) is 109 Å². The molecule has 0 radical (unpaired) electrons. The molecule has 0 saturated carbocycles. The Hall–Kier alpha value is -7.22. The monoisotopic (exact) mass is 711 g/mol. The Morgan fingerprint density at radius 1 is 0.286 bits per heavy atom. The van der Waals surface area contributed by atoms with Gasteiger partial charge in [0.05, 0.1) is 11.0 Å². The molecule has 1 heterocycles. The summed E-state index contributed by atoms with van der Waals surface area (Å²) in [7, 11) is 0. The van der Waals surface area contributed by atoms with Gasteiger partial charge in [-0.25, -0.2) is 0 Å². The normalized spacial score (nSPS) is 13.2. The molecule has 10 aromatic rings. The lowest BCUT2D eigenvalue weighted by molar-refractivity contribution is 1.02. The van der Waals surface area contributed by atoms with Crippen LogP contribution in [0.4, 0.5) is 0 Å². The van der Waals surface area contributed by atoms with Gasteiger partial charge in [0, 0.05) is 22.4 Å². The minimum Gasteiger partial charge on any atom is -0.309 e. The van der Waals surface area contributed by atoms with Crippen LogP contribution >= 0.6 is 0 Å². The fourth-order valence-electron chi connectivity index (χ4n) is 9.03. The number of aromatic nitrogens is 1. The maximum Gasteiger partial charge on any atom is 0.0547 e. The van der Waals surface area contributed by atoms with Gasteiger partial charge in [-0.3, -0.25) is 0 Å². The van der Waals surface area contributed by atoms with Crippen molar-refractivity contribution in [2.24, 2.45) is 0 Å². The molecule has 1 atom stereocenters. The first-order valence-corrected chi connectivity index (χ1v) is 19.5. The summed E-state index contributed by atoms with van der Waals surface area (Å²) in [6.07, 6.45) is 0. The van der Waals surface area contributed by atoms with E-state index >= 15 is 0 Å². The van der Waals surface area contributed by atoms with Crippen molar-refractivity contribution in [2.75, 3.05) is 0 Å². The molecule has 11 rings (SSSR count). The van der Waals surface area contributed by atoms with E-state index in [4.69, 9.17) is 0 Å². The number of para-hydroxylation sites is 1. The van der Waals surface area contributed by atoms with E-state index < -0.39 is 0 Å². The van der Waals surface area contributed by atoms with E-state index in [1.807, 2.05) is 0 Å². The van der Waals surface area contributed by atoms with Crippen molar-refractivity contribution in [3.63, 3.8) is 0 Å². The van der Waals surface area contributed by atoms with Gasteiger partial charge in [-0.1, -0.05) is 182 Å². The molecule has 0 fully saturated rings. The largest absolute Gasteiger partial charge is 0.309 e. The fraction of sp³-hybridized carbons (Fsp3) is 0.0182. The predicted molar refractivity (Wildman–Crippen MR) is 235 cm³/mol. The van der Waals surface area contributed by atoms with Crippen LogP contribution in [0.15, 0.2) is 218 Å². The fourth-order valence-corrected chi connectivity index (χ4v) is 9.03. The van der Waals surface area contributed by atoms with Crippen LogP contribution < -0.4 is 0 Å².